The van der Waals surface area contributed by atoms with E-state index in [1.165, 1.54) is 42.2 Å². The Labute approximate surface area is 176 Å². The zero-order chi connectivity index (χ0) is 22.0. The first-order chi connectivity index (χ1) is 15.0. The maximum atomic E-state index is 13.8. The largest absolute Gasteiger partial charge is 0.492 e. The second-order valence-corrected chi connectivity index (χ2v) is 6.90. The zero-order valence-electron chi connectivity index (χ0n) is 17.0. The summed E-state index contributed by atoms with van der Waals surface area (Å²) in [4.78, 5) is 27.9. The second kappa shape index (κ2) is 8.39. The van der Waals surface area contributed by atoms with Gasteiger partial charge in [0.05, 0.1) is 12.1 Å². The SMILES string of the molecule is CNC(=O)c1cc(OCCn2nc(-n3cc(C)c4ccc(F)cc43)ccc2=O)ccn1. The topological polar surface area (TPSA) is 91.0 Å². The van der Waals surface area contributed by atoms with Gasteiger partial charge in [-0.15, -0.1) is 0 Å². The molecule has 9 heteroatoms. The van der Waals surface area contributed by atoms with Crippen molar-refractivity contribution in [1.29, 1.82) is 0 Å². The molecule has 158 valence electrons. The molecule has 0 unspecified atom stereocenters. The number of hydrogen-bond donors (Lipinski definition) is 1. The van der Waals surface area contributed by atoms with E-state index in [1.54, 1.807) is 22.8 Å². The predicted molar refractivity (Wildman–Crippen MR) is 113 cm³/mol. The molecule has 3 heterocycles. The highest BCUT2D eigenvalue weighted by molar-refractivity contribution is 5.92. The molecule has 0 atom stereocenters. The van der Waals surface area contributed by atoms with Gasteiger partial charge in [0.1, 0.15) is 23.9 Å². The average molecular weight is 421 g/mol. The van der Waals surface area contributed by atoms with Gasteiger partial charge in [0, 0.05) is 37.0 Å². The van der Waals surface area contributed by atoms with Gasteiger partial charge < -0.3 is 10.1 Å². The number of ether oxygens (including phenoxy) is 1. The first kappa shape index (κ1) is 20.3. The van der Waals surface area contributed by atoms with Crippen LogP contribution >= 0.6 is 0 Å². The Morgan fingerprint density at radius 2 is 2.03 bits per heavy atom. The van der Waals surface area contributed by atoms with Gasteiger partial charge in [0.15, 0.2) is 5.82 Å². The van der Waals surface area contributed by atoms with Crippen molar-refractivity contribution in [2.24, 2.45) is 0 Å². The number of pyridine rings is 1. The fourth-order valence-corrected chi connectivity index (χ4v) is 3.29. The van der Waals surface area contributed by atoms with Crippen LogP contribution in [-0.4, -0.2) is 38.9 Å². The summed E-state index contributed by atoms with van der Waals surface area (Å²) < 4.78 is 22.5. The molecule has 8 nitrogen and oxygen atoms in total. The van der Waals surface area contributed by atoms with Crippen molar-refractivity contribution in [3.63, 3.8) is 0 Å². The van der Waals surface area contributed by atoms with Gasteiger partial charge in [-0.1, -0.05) is 0 Å². The minimum Gasteiger partial charge on any atom is -0.492 e. The van der Waals surface area contributed by atoms with Crippen LogP contribution in [0.4, 0.5) is 4.39 Å². The fourth-order valence-electron chi connectivity index (χ4n) is 3.29. The lowest BCUT2D eigenvalue weighted by molar-refractivity contribution is 0.0957. The molecule has 1 N–H and O–H groups in total. The van der Waals surface area contributed by atoms with E-state index in [0.29, 0.717) is 17.1 Å². The smallest absolute Gasteiger partial charge is 0.269 e. The first-order valence-corrected chi connectivity index (χ1v) is 9.63. The van der Waals surface area contributed by atoms with Gasteiger partial charge in [-0.3, -0.25) is 19.1 Å². The number of fused-ring (bicyclic) bond motifs is 1. The van der Waals surface area contributed by atoms with Crippen LogP contribution < -0.4 is 15.6 Å². The lowest BCUT2D eigenvalue weighted by atomic mass is 10.2. The molecule has 4 aromatic rings. The fraction of sp³-hybridized carbons (Fsp3) is 0.182. The van der Waals surface area contributed by atoms with Crippen molar-refractivity contribution in [3.05, 3.63) is 82.3 Å². The van der Waals surface area contributed by atoms with Crippen molar-refractivity contribution < 1.29 is 13.9 Å². The second-order valence-electron chi connectivity index (χ2n) is 6.90. The van der Waals surface area contributed by atoms with Crippen LogP contribution in [0.2, 0.25) is 0 Å². The first-order valence-electron chi connectivity index (χ1n) is 9.63. The number of aromatic nitrogens is 4. The lowest BCUT2D eigenvalue weighted by Gasteiger charge is -2.10. The maximum Gasteiger partial charge on any atom is 0.269 e. The summed E-state index contributed by atoms with van der Waals surface area (Å²) >= 11 is 0. The summed E-state index contributed by atoms with van der Waals surface area (Å²) in [6, 6.07) is 10.7. The van der Waals surface area contributed by atoms with Crippen molar-refractivity contribution in [3.8, 4) is 11.6 Å². The van der Waals surface area contributed by atoms with Crippen LogP contribution in [-0.2, 0) is 6.54 Å². The van der Waals surface area contributed by atoms with Crippen LogP contribution in [0, 0.1) is 12.7 Å². The van der Waals surface area contributed by atoms with Gasteiger partial charge in [-0.2, -0.15) is 5.10 Å². The van der Waals surface area contributed by atoms with Gasteiger partial charge in [0.25, 0.3) is 11.5 Å². The molecular weight excluding hydrogens is 401 g/mol. The number of nitrogens with zero attached hydrogens (tertiary/aromatic N) is 4. The van der Waals surface area contributed by atoms with E-state index in [0.717, 1.165) is 10.9 Å². The Balaban J connectivity index is 1.55. The highest BCUT2D eigenvalue weighted by Crippen LogP contribution is 2.24. The molecule has 4 rings (SSSR count). The third kappa shape index (κ3) is 4.16. The molecule has 0 aliphatic heterocycles. The molecule has 31 heavy (non-hydrogen) atoms. The maximum absolute atomic E-state index is 13.8. The number of rotatable bonds is 6. The minimum absolute atomic E-state index is 0.160. The van der Waals surface area contributed by atoms with E-state index in [9.17, 15) is 14.0 Å². The summed E-state index contributed by atoms with van der Waals surface area (Å²) in [5, 5.41) is 7.82. The molecule has 3 aromatic heterocycles. The van der Waals surface area contributed by atoms with E-state index < -0.39 is 0 Å². The molecule has 0 spiro atoms. The molecule has 1 amide bonds. The predicted octanol–water partition coefficient (Wildman–Crippen LogP) is 2.47. The van der Waals surface area contributed by atoms with E-state index >= 15 is 0 Å². The third-order valence-corrected chi connectivity index (χ3v) is 4.83. The van der Waals surface area contributed by atoms with E-state index in [2.05, 4.69) is 15.4 Å². The number of hydrogen-bond acceptors (Lipinski definition) is 5. The van der Waals surface area contributed by atoms with E-state index in [1.807, 2.05) is 13.1 Å². The standard InChI is InChI=1S/C22H20FN5O3/c1-14-13-27(19-11-15(23)3-4-17(14)19)20-5-6-21(29)28(26-20)9-10-31-16-7-8-25-18(12-16)22(30)24-2/h3-8,11-13H,9-10H2,1-2H3,(H,24,30). The Hall–Kier alpha value is -4.01. The lowest BCUT2D eigenvalue weighted by Crippen LogP contribution is -2.26. The Morgan fingerprint density at radius 1 is 1.19 bits per heavy atom. The van der Waals surface area contributed by atoms with Crippen LogP contribution in [0.15, 0.2) is 59.7 Å². The third-order valence-electron chi connectivity index (χ3n) is 4.83. The molecular formula is C22H20FN5O3. The summed E-state index contributed by atoms with van der Waals surface area (Å²) in [7, 11) is 1.52. The minimum atomic E-state index is -0.345. The average Bonchev–Trinajstić information content (AvgIpc) is 3.10. The number of carbonyl (C=O) groups excluding carboxylic acids is 1. The molecule has 1 aromatic carbocycles. The molecule has 0 bridgehead atoms. The highest BCUT2D eigenvalue weighted by atomic mass is 19.1. The van der Waals surface area contributed by atoms with Crippen molar-refractivity contribution in [2.75, 3.05) is 13.7 Å². The van der Waals surface area contributed by atoms with Crippen molar-refractivity contribution in [1.82, 2.24) is 24.6 Å². The molecule has 0 saturated heterocycles. The number of carbonyl (C=O) groups is 1. The summed E-state index contributed by atoms with van der Waals surface area (Å²) in [5.41, 5.74) is 1.60. The molecule has 0 radical (unpaired) electrons. The summed E-state index contributed by atoms with van der Waals surface area (Å²) in [6.07, 6.45) is 3.33. The number of halogens is 1. The molecule has 0 aliphatic carbocycles. The van der Waals surface area contributed by atoms with E-state index in [-0.39, 0.29) is 36.1 Å². The van der Waals surface area contributed by atoms with Crippen molar-refractivity contribution >= 4 is 16.8 Å². The van der Waals surface area contributed by atoms with Crippen LogP contribution in [0.25, 0.3) is 16.7 Å². The summed E-state index contributed by atoms with van der Waals surface area (Å²) in [6.45, 7) is 2.28. The van der Waals surface area contributed by atoms with Crippen LogP contribution in [0.1, 0.15) is 16.1 Å². The van der Waals surface area contributed by atoms with Crippen LogP contribution in [0.3, 0.4) is 0 Å². The van der Waals surface area contributed by atoms with Gasteiger partial charge in [-0.05, 0) is 42.8 Å². The monoisotopic (exact) mass is 421 g/mol. The molecule has 0 aliphatic rings. The normalized spacial score (nSPS) is 10.9. The van der Waals surface area contributed by atoms with E-state index in [4.69, 9.17) is 4.74 Å². The molecule has 0 saturated carbocycles. The van der Waals surface area contributed by atoms with Gasteiger partial charge in [0.2, 0.25) is 0 Å². The number of amides is 1. The summed E-state index contributed by atoms with van der Waals surface area (Å²) in [5.74, 6) is 0.290. The van der Waals surface area contributed by atoms with Gasteiger partial charge in [-0.25, -0.2) is 9.07 Å². The Morgan fingerprint density at radius 3 is 2.84 bits per heavy atom. The Kier molecular flexibility index (Phi) is 5.48. The zero-order valence-corrected chi connectivity index (χ0v) is 17.0. The highest BCUT2D eigenvalue weighted by Gasteiger charge is 2.11. The Bertz CT molecular complexity index is 1330. The molecule has 0 fully saturated rings. The quantitative estimate of drug-likeness (QED) is 0.517. The number of aryl methyl sites for hydroxylation is 1. The van der Waals surface area contributed by atoms with Crippen LogP contribution in [0.5, 0.6) is 5.75 Å². The van der Waals surface area contributed by atoms with Crippen molar-refractivity contribution in [2.45, 2.75) is 13.5 Å². The number of benzene rings is 1. The van der Waals surface area contributed by atoms with Gasteiger partial charge >= 0.3 is 0 Å². The number of nitrogens with one attached hydrogen (secondary N) is 1.